The van der Waals surface area contributed by atoms with Crippen molar-refractivity contribution in [2.45, 2.75) is 39.2 Å². The number of nitrogens with one attached hydrogen (secondary N) is 1. The van der Waals surface area contributed by atoms with E-state index in [9.17, 15) is 4.79 Å². The first kappa shape index (κ1) is 8.72. The number of hydrogen-bond acceptors (Lipinski definition) is 2. The Morgan fingerprint density at radius 3 is 2.82 bits per heavy atom. The van der Waals surface area contributed by atoms with Gasteiger partial charge in [0.25, 0.3) is 0 Å². The third-order valence-corrected chi connectivity index (χ3v) is 2.16. The molecule has 0 heterocycles. The first-order valence-electron chi connectivity index (χ1n) is 4.43. The molecule has 0 aromatic carbocycles. The SMILES string of the molecule is CC(C)NC[C@H]1CCC(=O)C1. The summed E-state index contributed by atoms with van der Waals surface area (Å²) in [6.07, 6.45) is 2.71. The molecule has 0 aliphatic heterocycles. The Balaban J connectivity index is 2.13. The van der Waals surface area contributed by atoms with Gasteiger partial charge >= 0.3 is 0 Å². The Morgan fingerprint density at radius 1 is 1.64 bits per heavy atom. The van der Waals surface area contributed by atoms with Gasteiger partial charge in [-0.2, -0.15) is 0 Å². The number of Topliss-reactive ketones (excluding diaryl/α,β-unsaturated/α-hetero) is 1. The molecule has 1 aliphatic carbocycles. The van der Waals surface area contributed by atoms with Crippen LogP contribution < -0.4 is 5.32 Å². The Kier molecular flexibility index (Phi) is 3.06. The third kappa shape index (κ3) is 3.02. The van der Waals surface area contributed by atoms with Crippen LogP contribution in [0.3, 0.4) is 0 Å². The molecule has 1 atom stereocenters. The molecule has 0 saturated heterocycles. The zero-order valence-electron chi connectivity index (χ0n) is 7.39. The molecule has 1 fully saturated rings. The molecule has 0 amide bonds. The van der Waals surface area contributed by atoms with Crippen molar-refractivity contribution in [3.63, 3.8) is 0 Å². The highest BCUT2D eigenvalue weighted by molar-refractivity contribution is 5.80. The topological polar surface area (TPSA) is 29.1 Å². The lowest BCUT2D eigenvalue weighted by Gasteiger charge is -2.11. The fourth-order valence-corrected chi connectivity index (χ4v) is 1.47. The van der Waals surface area contributed by atoms with Crippen LogP contribution in [-0.4, -0.2) is 18.4 Å². The van der Waals surface area contributed by atoms with Gasteiger partial charge in [0.15, 0.2) is 0 Å². The van der Waals surface area contributed by atoms with E-state index in [4.69, 9.17) is 0 Å². The van der Waals surface area contributed by atoms with E-state index in [0.717, 1.165) is 25.8 Å². The van der Waals surface area contributed by atoms with Crippen LogP contribution in [0.1, 0.15) is 33.1 Å². The van der Waals surface area contributed by atoms with E-state index < -0.39 is 0 Å². The normalized spacial score (nSPS) is 25.0. The highest BCUT2D eigenvalue weighted by Gasteiger charge is 2.21. The molecular formula is C9H17NO. The summed E-state index contributed by atoms with van der Waals surface area (Å²) in [4.78, 5) is 10.9. The summed E-state index contributed by atoms with van der Waals surface area (Å²) >= 11 is 0. The zero-order valence-corrected chi connectivity index (χ0v) is 7.39. The van der Waals surface area contributed by atoms with Gasteiger partial charge in [-0.15, -0.1) is 0 Å². The van der Waals surface area contributed by atoms with Crippen molar-refractivity contribution >= 4 is 5.78 Å². The lowest BCUT2D eigenvalue weighted by Crippen LogP contribution is -2.27. The first-order valence-corrected chi connectivity index (χ1v) is 4.43. The lowest BCUT2D eigenvalue weighted by atomic mass is 10.1. The molecule has 0 spiro atoms. The van der Waals surface area contributed by atoms with Gasteiger partial charge in [-0.05, 0) is 18.9 Å². The minimum Gasteiger partial charge on any atom is -0.314 e. The highest BCUT2D eigenvalue weighted by atomic mass is 16.1. The minimum atomic E-state index is 0.445. The van der Waals surface area contributed by atoms with E-state index in [1.54, 1.807) is 0 Å². The maximum Gasteiger partial charge on any atom is 0.133 e. The van der Waals surface area contributed by atoms with E-state index in [2.05, 4.69) is 19.2 Å². The maximum absolute atomic E-state index is 10.9. The summed E-state index contributed by atoms with van der Waals surface area (Å²) in [6.45, 7) is 5.29. The van der Waals surface area contributed by atoms with Gasteiger partial charge in [-0.1, -0.05) is 13.8 Å². The van der Waals surface area contributed by atoms with Gasteiger partial charge in [0.05, 0.1) is 0 Å². The van der Waals surface area contributed by atoms with Gasteiger partial charge in [-0.25, -0.2) is 0 Å². The number of rotatable bonds is 3. The molecule has 2 nitrogen and oxygen atoms in total. The summed E-state index contributed by atoms with van der Waals surface area (Å²) in [7, 11) is 0. The van der Waals surface area contributed by atoms with Gasteiger partial charge in [0.1, 0.15) is 5.78 Å². The molecule has 0 aromatic rings. The second-order valence-electron chi connectivity index (χ2n) is 3.71. The van der Waals surface area contributed by atoms with Crippen molar-refractivity contribution in [2.75, 3.05) is 6.54 Å². The Morgan fingerprint density at radius 2 is 2.36 bits per heavy atom. The third-order valence-electron chi connectivity index (χ3n) is 2.16. The molecule has 1 aliphatic rings. The molecular weight excluding hydrogens is 138 g/mol. The van der Waals surface area contributed by atoms with Crippen molar-refractivity contribution in [1.82, 2.24) is 5.32 Å². The second-order valence-corrected chi connectivity index (χ2v) is 3.71. The molecule has 2 heteroatoms. The Hall–Kier alpha value is -0.370. The van der Waals surface area contributed by atoms with Crippen LogP contribution in [0.15, 0.2) is 0 Å². The van der Waals surface area contributed by atoms with E-state index in [0.29, 0.717) is 17.7 Å². The fraction of sp³-hybridized carbons (Fsp3) is 0.889. The van der Waals surface area contributed by atoms with Crippen LogP contribution in [0.2, 0.25) is 0 Å². The molecule has 64 valence electrons. The van der Waals surface area contributed by atoms with Crippen molar-refractivity contribution in [3.05, 3.63) is 0 Å². The average Bonchev–Trinajstić information content (AvgIpc) is 2.31. The molecule has 1 saturated carbocycles. The van der Waals surface area contributed by atoms with E-state index in [-0.39, 0.29) is 0 Å². The van der Waals surface area contributed by atoms with Crippen molar-refractivity contribution < 1.29 is 4.79 Å². The Labute approximate surface area is 68.4 Å². The largest absolute Gasteiger partial charge is 0.314 e. The molecule has 0 radical (unpaired) electrons. The van der Waals surface area contributed by atoms with E-state index >= 15 is 0 Å². The van der Waals surface area contributed by atoms with Crippen LogP contribution in [0.4, 0.5) is 0 Å². The zero-order chi connectivity index (χ0) is 8.27. The quantitative estimate of drug-likeness (QED) is 0.666. The fourth-order valence-electron chi connectivity index (χ4n) is 1.47. The smallest absolute Gasteiger partial charge is 0.133 e. The first-order chi connectivity index (χ1) is 5.18. The van der Waals surface area contributed by atoms with E-state index in [1.807, 2.05) is 0 Å². The summed E-state index contributed by atoms with van der Waals surface area (Å²) in [5.74, 6) is 1.06. The summed E-state index contributed by atoms with van der Waals surface area (Å²) in [5, 5.41) is 3.36. The second kappa shape index (κ2) is 3.86. The molecule has 1 rings (SSSR count). The molecule has 0 unspecified atom stereocenters. The van der Waals surface area contributed by atoms with Crippen LogP contribution in [0, 0.1) is 5.92 Å². The standard InChI is InChI=1S/C9H17NO/c1-7(2)10-6-8-3-4-9(11)5-8/h7-8,10H,3-6H2,1-2H3/t8-/m0/s1. The number of carbonyl (C=O) groups excluding carboxylic acids is 1. The Bertz CT molecular complexity index is 142. The lowest BCUT2D eigenvalue weighted by molar-refractivity contribution is -0.117. The number of hydrogen-bond donors (Lipinski definition) is 1. The van der Waals surface area contributed by atoms with Gasteiger partial charge in [-0.3, -0.25) is 4.79 Å². The minimum absolute atomic E-state index is 0.445. The molecule has 1 N–H and O–H groups in total. The number of carbonyl (C=O) groups is 1. The van der Waals surface area contributed by atoms with Crippen molar-refractivity contribution in [2.24, 2.45) is 5.92 Å². The highest BCUT2D eigenvalue weighted by Crippen LogP contribution is 2.20. The van der Waals surface area contributed by atoms with Gasteiger partial charge in [0.2, 0.25) is 0 Å². The monoisotopic (exact) mass is 155 g/mol. The molecule has 0 bridgehead atoms. The van der Waals surface area contributed by atoms with Crippen molar-refractivity contribution in [1.29, 1.82) is 0 Å². The summed E-state index contributed by atoms with van der Waals surface area (Å²) in [6, 6.07) is 0.547. The molecule has 11 heavy (non-hydrogen) atoms. The summed E-state index contributed by atoms with van der Waals surface area (Å²) < 4.78 is 0. The summed E-state index contributed by atoms with van der Waals surface area (Å²) in [5.41, 5.74) is 0. The van der Waals surface area contributed by atoms with E-state index in [1.165, 1.54) is 0 Å². The van der Waals surface area contributed by atoms with Crippen LogP contribution in [0.25, 0.3) is 0 Å². The van der Waals surface area contributed by atoms with Crippen LogP contribution in [0.5, 0.6) is 0 Å². The predicted molar refractivity (Wildman–Crippen MR) is 45.5 cm³/mol. The predicted octanol–water partition coefficient (Wildman–Crippen LogP) is 1.35. The molecule has 0 aromatic heterocycles. The maximum atomic E-state index is 10.9. The van der Waals surface area contributed by atoms with Gasteiger partial charge < -0.3 is 5.32 Å². The number of ketones is 1. The van der Waals surface area contributed by atoms with Gasteiger partial charge in [0, 0.05) is 18.9 Å². The average molecular weight is 155 g/mol. The van der Waals surface area contributed by atoms with Crippen LogP contribution in [-0.2, 0) is 4.79 Å². The van der Waals surface area contributed by atoms with Crippen LogP contribution >= 0.6 is 0 Å². The van der Waals surface area contributed by atoms with Crippen molar-refractivity contribution in [3.8, 4) is 0 Å².